The number of ether oxygens (including phenoxy) is 2. The Balaban J connectivity index is 1.55. The highest BCUT2D eigenvalue weighted by Gasteiger charge is 2.25. The van der Waals surface area contributed by atoms with Crippen molar-refractivity contribution in [3.63, 3.8) is 0 Å². The molecule has 0 spiro atoms. The first kappa shape index (κ1) is 24.6. The molecule has 0 aromatic heterocycles. The second-order valence-electron chi connectivity index (χ2n) is 6.82. The van der Waals surface area contributed by atoms with Crippen molar-refractivity contribution in [3.8, 4) is 5.75 Å². The van der Waals surface area contributed by atoms with Gasteiger partial charge in [0.05, 0.1) is 29.0 Å². The molecule has 0 amide bonds. The van der Waals surface area contributed by atoms with Crippen LogP contribution in [0.15, 0.2) is 68.2 Å². The number of aliphatic imine (C=N–C) groups is 1. The Hall–Kier alpha value is -1.54. The highest BCUT2D eigenvalue weighted by Crippen LogP contribution is 2.37. The van der Waals surface area contributed by atoms with E-state index in [-0.39, 0.29) is 18.2 Å². The van der Waals surface area contributed by atoms with Crippen molar-refractivity contribution in [2.75, 3.05) is 0 Å². The summed E-state index contributed by atoms with van der Waals surface area (Å²) in [5.41, 5.74) is 2.28. The monoisotopic (exact) mass is 647 g/mol. The van der Waals surface area contributed by atoms with Gasteiger partial charge in [0, 0.05) is 5.56 Å². The van der Waals surface area contributed by atoms with Gasteiger partial charge in [0.1, 0.15) is 12.4 Å². The molecule has 0 saturated heterocycles. The summed E-state index contributed by atoms with van der Waals surface area (Å²) in [4.78, 5) is 16.6. The van der Waals surface area contributed by atoms with Crippen LogP contribution in [0, 0.1) is 0 Å². The van der Waals surface area contributed by atoms with E-state index < -0.39 is 5.97 Å². The van der Waals surface area contributed by atoms with Crippen LogP contribution in [0.4, 0.5) is 0 Å². The summed E-state index contributed by atoms with van der Waals surface area (Å²) in [6.45, 7) is 0.290. The molecule has 3 aromatic carbocycles. The molecule has 168 valence electrons. The molecule has 0 bridgehead atoms. The molecule has 0 fully saturated rings. The second-order valence-corrected chi connectivity index (χ2v) is 10.2. The van der Waals surface area contributed by atoms with Crippen LogP contribution in [0.2, 0.25) is 20.1 Å². The highest BCUT2D eigenvalue weighted by atomic mass is 79.9. The summed E-state index contributed by atoms with van der Waals surface area (Å²) in [5.74, 6) is 0.185. The average molecular weight is 651 g/mol. The molecule has 1 heterocycles. The number of rotatable bonds is 5. The maximum Gasteiger partial charge on any atom is 0.363 e. The van der Waals surface area contributed by atoms with Gasteiger partial charge in [0.25, 0.3) is 0 Å². The lowest BCUT2D eigenvalue weighted by molar-refractivity contribution is -0.129. The number of esters is 1. The van der Waals surface area contributed by atoms with Gasteiger partial charge < -0.3 is 9.47 Å². The Labute approximate surface area is 226 Å². The molecule has 4 rings (SSSR count). The molecule has 1 aliphatic heterocycles. The summed E-state index contributed by atoms with van der Waals surface area (Å²) in [6.07, 6.45) is 1.62. The molecule has 0 unspecified atom stereocenters. The lowest BCUT2D eigenvalue weighted by atomic mass is 10.2. The number of carbonyl (C=O) groups excluding carboxylic acids is 1. The van der Waals surface area contributed by atoms with Crippen molar-refractivity contribution >= 4 is 96.2 Å². The minimum Gasteiger partial charge on any atom is -0.487 e. The number of hydrogen-bond donors (Lipinski definition) is 0. The fraction of sp³-hybridized carbons (Fsp3) is 0.0435. The zero-order valence-corrected chi connectivity index (χ0v) is 22.5. The van der Waals surface area contributed by atoms with Gasteiger partial charge in [0.15, 0.2) is 5.70 Å². The third-order valence-corrected chi connectivity index (χ3v) is 7.13. The number of hydrogen-bond acceptors (Lipinski definition) is 4. The number of nitrogens with zero attached hydrogens (tertiary/aromatic N) is 1. The van der Waals surface area contributed by atoms with Gasteiger partial charge in [-0.25, -0.2) is 9.79 Å². The molecule has 0 atom stereocenters. The van der Waals surface area contributed by atoms with Gasteiger partial charge in [-0.1, -0.05) is 52.5 Å². The Bertz CT molecular complexity index is 1320. The predicted molar refractivity (Wildman–Crippen MR) is 140 cm³/mol. The lowest BCUT2D eigenvalue weighted by Gasteiger charge is -2.12. The van der Waals surface area contributed by atoms with Crippen LogP contribution in [0.25, 0.3) is 6.08 Å². The first-order valence-electron chi connectivity index (χ1n) is 9.25. The fourth-order valence-corrected chi connectivity index (χ4v) is 4.97. The Morgan fingerprint density at radius 1 is 0.879 bits per heavy atom. The molecular formula is C23H11Br2Cl4NO3. The van der Waals surface area contributed by atoms with E-state index >= 15 is 0 Å². The van der Waals surface area contributed by atoms with Gasteiger partial charge in [-0.3, -0.25) is 0 Å². The maximum absolute atomic E-state index is 12.3. The Morgan fingerprint density at radius 2 is 1.52 bits per heavy atom. The zero-order chi connectivity index (χ0) is 23.7. The van der Waals surface area contributed by atoms with E-state index in [1.165, 1.54) is 0 Å². The van der Waals surface area contributed by atoms with Crippen LogP contribution in [0.1, 0.15) is 16.7 Å². The van der Waals surface area contributed by atoms with E-state index in [1.54, 1.807) is 36.4 Å². The summed E-state index contributed by atoms with van der Waals surface area (Å²) < 4.78 is 12.6. The molecule has 0 aliphatic carbocycles. The van der Waals surface area contributed by atoms with Crippen molar-refractivity contribution in [2.45, 2.75) is 6.61 Å². The second kappa shape index (κ2) is 10.4. The van der Waals surface area contributed by atoms with Crippen LogP contribution < -0.4 is 4.74 Å². The summed E-state index contributed by atoms with van der Waals surface area (Å²) >= 11 is 31.0. The Morgan fingerprint density at radius 3 is 2.15 bits per heavy atom. The van der Waals surface area contributed by atoms with E-state index in [0.29, 0.717) is 45.9 Å². The summed E-state index contributed by atoms with van der Waals surface area (Å²) in [6, 6.07) is 13.8. The molecule has 10 heteroatoms. The average Bonchev–Trinajstić information content (AvgIpc) is 3.12. The Kier molecular flexibility index (Phi) is 7.73. The van der Waals surface area contributed by atoms with E-state index in [1.807, 2.05) is 18.2 Å². The summed E-state index contributed by atoms with van der Waals surface area (Å²) in [7, 11) is 0. The molecule has 0 saturated carbocycles. The normalized spacial score (nSPS) is 14.4. The molecule has 0 radical (unpaired) electrons. The van der Waals surface area contributed by atoms with Crippen LogP contribution >= 0.6 is 78.3 Å². The molecule has 4 nitrogen and oxygen atoms in total. The number of benzene rings is 3. The third-order valence-electron chi connectivity index (χ3n) is 4.48. The quantitative estimate of drug-likeness (QED) is 0.205. The first-order chi connectivity index (χ1) is 15.7. The molecule has 3 aromatic rings. The molecule has 33 heavy (non-hydrogen) atoms. The van der Waals surface area contributed by atoms with Gasteiger partial charge in [0.2, 0.25) is 5.90 Å². The van der Waals surface area contributed by atoms with Gasteiger partial charge in [-0.2, -0.15) is 0 Å². The summed E-state index contributed by atoms with van der Waals surface area (Å²) in [5, 5.41) is 1.68. The van der Waals surface area contributed by atoms with Crippen LogP contribution in [0.5, 0.6) is 5.75 Å². The van der Waals surface area contributed by atoms with Crippen LogP contribution in [0.3, 0.4) is 0 Å². The smallest absolute Gasteiger partial charge is 0.363 e. The predicted octanol–water partition coefficient (Wildman–Crippen LogP) is 8.75. The molecular weight excluding hydrogens is 640 g/mol. The largest absolute Gasteiger partial charge is 0.487 e. The van der Waals surface area contributed by atoms with Crippen molar-refractivity contribution < 1.29 is 14.3 Å². The van der Waals surface area contributed by atoms with E-state index in [2.05, 4.69) is 36.9 Å². The van der Waals surface area contributed by atoms with Crippen LogP contribution in [-0.4, -0.2) is 11.9 Å². The van der Waals surface area contributed by atoms with Gasteiger partial charge in [-0.15, -0.1) is 0 Å². The SMILES string of the molecule is O=C1OC(c2ccc(Cl)c(Cl)c2)=N/C1=C\c1cc(Br)c(OCc2ccc(Cl)c(Cl)c2)c(Br)c1. The van der Waals surface area contributed by atoms with Crippen molar-refractivity contribution in [2.24, 2.45) is 4.99 Å². The highest BCUT2D eigenvalue weighted by molar-refractivity contribution is 9.11. The number of cyclic esters (lactones) is 1. The van der Waals surface area contributed by atoms with E-state index in [0.717, 1.165) is 5.56 Å². The first-order valence-corrected chi connectivity index (χ1v) is 12.3. The fourth-order valence-electron chi connectivity index (χ4n) is 2.91. The van der Waals surface area contributed by atoms with Gasteiger partial charge in [-0.05, 0) is 91.5 Å². The minimum absolute atomic E-state index is 0.152. The number of carbonyl (C=O) groups is 1. The topological polar surface area (TPSA) is 47.9 Å². The van der Waals surface area contributed by atoms with Crippen molar-refractivity contribution in [3.05, 3.63) is 100.0 Å². The maximum atomic E-state index is 12.3. The molecule has 0 N–H and O–H groups in total. The zero-order valence-electron chi connectivity index (χ0n) is 16.3. The van der Waals surface area contributed by atoms with Crippen molar-refractivity contribution in [1.82, 2.24) is 0 Å². The van der Waals surface area contributed by atoms with E-state index in [4.69, 9.17) is 55.9 Å². The van der Waals surface area contributed by atoms with E-state index in [9.17, 15) is 4.79 Å². The molecule has 1 aliphatic rings. The minimum atomic E-state index is -0.566. The third kappa shape index (κ3) is 5.76. The lowest BCUT2D eigenvalue weighted by Crippen LogP contribution is -2.05. The van der Waals surface area contributed by atoms with Crippen molar-refractivity contribution in [1.29, 1.82) is 0 Å². The van der Waals surface area contributed by atoms with Gasteiger partial charge >= 0.3 is 5.97 Å². The standard InChI is InChI=1S/C23H11Br2Cl4NO3/c24-14-5-12(6-15(25)21(14)32-10-11-1-3-16(26)18(28)7-11)8-20-23(31)33-22(30-20)13-2-4-17(27)19(29)9-13/h1-9H,10H2/b20-8-. The van der Waals surface area contributed by atoms with Crippen LogP contribution in [-0.2, 0) is 16.1 Å². The number of halogens is 6.